The van der Waals surface area contributed by atoms with Crippen LogP contribution in [0.1, 0.15) is 0 Å². The fraction of sp³-hybridized carbons (Fsp3) is 0.250. The summed E-state index contributed by atoms with van der Waals surface area (Å²) in [4.78, 5) is 1.08. The van der Waals surface area contributed by atoms with E-state index in [2.05, 4.69) is 0 Å². The molecule has 3 rings (SSSR count). The summed E-state index contributed by atoms with van der Waals surface area (Å²) in [6.45, 7) is 1.62. The van der Waals surface area contributed by atoms with Crippen LogP contribution < -0.4 is 14.2 Å². The molecule has 5 heteroatoms. The third kappa shape index (κ3) is 3.61. The van der Waals surface area contributed by atoms with Crippen LogP contribution >= 0.6 is 11.8 Å². The molecule has 0 fully saturated rings. The molecule has 0 amide bonds. The molecule has 0 aromatic heterocycles. The normalized spacial score (nSPS) is 13.0. The van der Waals surface area contributed by atoms with Gasteiger partial charge in [-0.05, 0) is 30.3 Å². The first-order chi connectivity index (χ1) is 10.3. The van der Waals surface area contributed by atoms with Gasteiger partial charge < -0.3 is 14.2 Å². The lowest BCUT2D eigenvalue weighted by molar-refractivity contribution is 0.171. The summed E-state index contributed by atoms with van der Waals surface area (Å²) in [6.07, 6.45) is 0. The number of ether oxygens (including phenoxy) is 3. The minimum absolute atomic E-state index is 0.292. The second kappa shape index (κ2) is 6.72. The van der Waals surface area contributed by atoms with Crippen LogP contribution in [0.5, 0.6) is 17.2 Å². The molecule has 0 spiro atoms. The van der Waals surface area contributed by atoms with Gasteiger partial charge in [-0.15, -0.1) is 11.8 Å². The fourth-order valence-electron chi connectivity index (χ4n) is 1.99. The largest absolute Gasteiger partial charge is 0.490 e. The molecule has 0 saturated carbocycles. The van der Waals surface area contributed by atoms with Crippen LogP contribution in [0.3, 0.4) is 0 Å². The Morgan fingerprint density at radius 2 is 1.86 bits per heavy atom. The van der Waals surface area contributed by atoms with E-state index in [-0.39, 0.29) is 5.82 Å². The number of halogens is 1. The zero-order valence-electron chi connectivity index (χ0n) is 11.4. The van der Waals surface area contributed by atoms with Gasteiger partial charge in [-0.2, -0.15) is 0 Å². The highest BCUT2D eigenvalue weighted by molar-refractivity contribution is 7.99. The van der Waals surface area contributed by atoms with Gasteiger partial charge in [-0.25, -0.2) is 4.39 Å². The molecule has 0 bridgehead atoms. The number of hydrogen-bond acceptors (Lipinski definition) is 4. The highest BCUT2D eigenvalue weighted by Gasteiger charge is 2.11. The number of fused-ring (bicyclic) bond motifs is 1. The van der Waals surface area contributed by atoms with Gasteiger partial charge in [0.15, 0.2) is 23.1 Å². The van der Waals surface area contributed by atoms with Crippen molar-refractivity contribution in [3.05, 3.63) is 48.3 Å². The van der Waals surface area contributed by atoms with Crippen LogP contribution in [0, 0.1) is 5.82 Å². The fourth-order valence-corrected chi connectivity index (χ4v) is 2.74. The molecule has 0 radical (unpaired) electrons. The quantitative estimate of drug-likeness (QED) is 0.621. The first-order valence-corrected chi connectivity index (χ1v) is 7.71. The Labute approximate surface area is 127 Å². The zero-order valence-corrected chi connectivity index (χ0v) is 12.2. The molecule has 1 heterocycles. The van der Waals surface area contributed by atoms with E-state index in [1.165, 1.54) is 6.07 Å². The third-order valence-corrected chi connectivity index (χ3v) is 3.92. The van der Waals surface area contributed by atoms with Crippen molar-refractivity contribution in [2.45, 2.75) is 4.90 Å². The van der Waals surface area contributed by atoms with Gasteiger partial charge in [-0.1, -0.05) is 12.1 Å². The first kappa shape index (κ1) is 14.1. The number of rotatable bonds is 5. The van der Waals surface area contributed by atoms with Gasteiger partial charge >= 0.3 is 0 Å². The van der Waals surface area contributed by atoms with Crippen molar-refractivity contribution in [2.75, 3.05) is 25.6 Å². The lowest BCUT2D eigenvalue weighted by Gasteiger charge is -2.18. The molecule has 1 aliphatic heterocycles. The standard InChI is InChI=1S/C16H15FO3S/c17-13-3-1-2-4-14(13)20-9-10-21-12-5-6-15-16(11-12)19-8-7-18-15/h1-6,11H,7-10H2. The molecule has 0 atom stereocenters. The molecule has 0 aliphatic carbocycles. The maximum atomic E-state index is 13.4. The van der Waals surface area contributed by atoms with Crippen LogP contribution in [0.4, 0.5) is 4.39 Å². The SMILES string of the molecule is Fc1ccccc1OCCSc1ccc2c(c1)OCCO2. The van der Waals surface area contributed by atoms with E-state index < -0.39 is 0 Å². The van der Waals surface area contributed by atoms with Gasteiger partial charge in [0.2, 0.25) is 0 Å². The summed E-state index contributed by atoms with van der Waals surface area (Å²) >= 11 is 1.64. The van der Waals surface area contributed by atoms with E-state index in [0.29, 0.717) is 25.6 Å². The van der Waals surface area contributed by atoms with Crippen LogP contribution in [-0.2, 0) is 0 Å². The van der Waals surface area contributed by atoms with Crippen LogP contribution in [0.25, 0.3) is 0 Å². The third-order valence-electron chi connectivity index (χ3n) is 2.96. The highest BCUT2D eigenvalue weighted by Crippen LogP contribution is 2.34. The molecule has 110 valence electrons. The van der Waals surface area contributed by atoms with Crippen molar-refractivity contribution in [2.24, 2.45) is 0 Å². The van der Waals surface area contributed by atoms with Crippen molar-refractivity contribution in [1.29, 1.82) is 0 Å². The van der Waals surface area contributed by atoms with Crippen LogP contribution in [0.2, 0.25) is 0 Å². The Kier molecular flexibility index (Phi) is 4.50. The Morgan fingerprint density at radius 1 is 1.05 bits per heavy atom. The van der Waals surface area contributed by atoms with Gasteiger partial charge in [0.25, 0.3) is 0 Å². The minimum atomic E-state index is -0.332. The summed E-state index contributed by atoms with van der Waals surface area (Å²) < 4.78 is 29.8. The van der Waals surface area contributed by atoms with Gasteiger partial charge in [0.1, 0.15) is 13.2 Å². The van der Waals surface area contributed by atoms with E-state index in [1.54, 1.807) is 30.0 Å². The topological polar surface area (TPSA) is 27.7 Å². The maximum Gasteiger partial charge on any atom is 0.165 e. The molecule has 0 saturated heterocycles. The van der Waals surface area contributed by atoms with Crippen molar-refractivity contribution in [3.8, 4) is 17.2 Å². The maximum absolute atomic E-state index is 13.4. The first-order valence-electron chi connectivity index (χ1n) is 6.73. The summed E-state index contributed by atoms with van der Waals surface area (Å²) in [7, 11) is 0. The lowest BCUT2D eigenvalue weighted by atomic mass is 10.3. The predicted octanol–water partition coefficient (Wildman–Crippen LogP) is 3.77. The molecule has 2 aromatic carbocycles. The molecule has 0 N–H and O–H groups in total. The summed E-state index contributed by atoms with van der Waals surface area (Å²) in [5, 5.41) is 0. The smallest absolute Gasteiger partial charge is 0.165 e. The van der Waals surface area contributed by atoms with E-state index >= 15 is 0 Å². The summed E-state index contributed by atoms with van der Waals surface area (Å²) in [5.74, 6) is 2.25. The van der Waals surface area contributed by atoms with Gasteiger partial charge in [0, 0.05) is 10.6 Å². The minimum Gasteiger partial charge on any atom is -0.490 e. The van der Waals surface area contributed by atoms with Gasteiger partial charge in [0.05, 0.1) is 6.61 Å². The molecule has 21 heavy (non-hydrogen) atoms. The van der Waals surface area contributed by atoms with Crippen LogP contribution in [0.15, 0.2) is 47.4 Å². The van der Waals surface area contributed by atoms with Gasteiger partial charge in [-0.3, -0.25) is 0 Å². The van der Waals surface area contributed by atoms with Crippen molar-refractivity contribution in [1.82, 2.24) is 0 Å². The predicted molar refractivity (Wildman–Crippen MR) is 80.1 cm³/mol. The number of thioether (sulfide) groups is 1. The second-order valence-electron chi connectivity index (χ2n) is 4.43. The molecule has 1 aliphatic rings. The Balaban J connectivity index is 1.50. The summed E-state index contributed by atoms with van der Waals surface area (Å²) in [5.41, 5.74) is 0. The lowest BCUT2D eigenvalue weighted by Crippen LogP contribution is -2.15. The molecule has 2 aromatic rings. The Morgan fingerprint density at radius 3 is 2.71 bits per heavy atom. The molecular weight excluding hydrogens is 291 g/mol. The average molecular weight is 306 g/mol. The molecule has 0 unspecified atom stereocenters. The van der Waals surface area contributed by atoms with Crippen molar-refractivity contribution in [3.63, 3.8) is 0 Å². The number of hydrogen-bond donors (Lipinski definition) is 0. The Hall–Kier alpha value is -1.88. The highest BCUT2D eigenvalue weighted by atomic mass is 32.2. The molecular formula is C16H15FO3S. The van der Waals surface area contributed by atoms with Crippen molar-refractivity contribution >= 4 is 11.8 Å². The van der Waals surface area contributed by atoms with E-state index in [9.17, 15) is 4.39 Å². The second-order valence-corrected chi connectivity index (χ2v) is 5.60. The number of benzene rings is 2. The van der Waals surface area contributed by atoms with E-state index in [1.807, 2.05) is 18.2 Å². The van der Waals surface area contributed by atoms with E-state index in [4.69, 9.17) is 14.2 Å². The monoisotopic (exact) mass is 306 g/mol. The average Bonchev–Trinajstić information content (AvgIpc) is 2.53. The summed E-state index contributed by atoms with van der Waals surface area (Å²) in [6, 6.07) is 12.3. The zero-order chi connectivity index (χ0) is 14.5. The van der Waals surface area contributed by atoms with E-state index in [0.717, 1.165) is 22.1 Å². The van der Waals surface area contributed by atoms with Crippen molar-refractivity contribution < 1.29 is 18.6 Å². The Bertz CT molecular complexity index is 618. The van der Waals surface area contributed by atoms with Crippen LogP contribution in [-0.4, -0.2) is 25.6 Å². The number of para-hydroxylation sites is 1. The molecule has 3 nitrogen and oxygen atoms in total.